The molecule has 0 aliphatic heterocycles. The van der Waals surface area contributed by atoms with Gasteiger partial charge in [-0.2, -0.15) is 11.8 Å². The number of fused-ring (bicyclic) bond motifs is 1. The van der Waals surface area contributed by atoms with Crippen LogP contribution in [0.25, 0.3) is 10.9 Å². The van der Waals surface area contributed by atoms with Crippen molar-refractivity contribution in [3.8, 4) is 5.75 Å². The van der Waals surface area contributed by atoms with Gasteiger partial charge in [0.05, 0.1) is 12.6 Å². The SMILES string of the molecule is COc1ccc2cc(CSC)c(N)nc2c1. The van der Waals surface area contributed by atoms with E-state index < -0.39 is 0 Å². The van der Waals surface area contributed by atoms with Gasteiger partial charge in [0, 0.05) is 22.8 Å². The van der Waals surface area contributed by atoms with Crippen LogP contribution in [0, 0.1) is 0 Å². The summed E-state index contributed by atoms with van der Waals surface area (Å²) in [4.78, 5) is 4.39. The molecule has 0 aliphatic rings. The Bertz CT molecular complexity index is 514. The van der Waals surface area contributed by atoms with Crippen LogP contribution in [0.15, 0.2) is 24.3 Å². The van der Waals surface area contributed by atoms with Gasteiger partial charge < -0.3 is 10.5 Å². The van der Waals surface area contributed by atoms with Crippen molar-refractivity contribution >= 4 is 28.5 Å². The maximum atomic E-state index is 5.90. The third-order valence-electron chi connectivity index (χ3n) is 2.44. The third kappa shape index (κ3) is 2.07. The average Bonchev–Trinajstić information content (AvgIpc) is 2.30. The molecule has 0 saturated carbocycles. The highest BCUT2D eigenvalue weighted by molar-refractivity contribution is 7.97. The van der Waals surface area contributed by atoms with E-state index in [1.54, 1.807) is 18.9 Å². The van der Waals surface area contributed by atoms with Gasteiger partial charge in [0.15, 0.2) is 0 Å². The maximum absolute atomic E-state index is 5.90. The zero-order chi connectivity index (χ0) is 11.5. The van der Waals surface area contributed by atoms with Crippen LogP contribution < -0.4 is 10.5 Å². The second-order valence-electron chi connectivity index (χ2n) is 3.52. The topological polar surface area (TPSA) is 48.1 Å². The molecule has 0 saturated heterocycles. The van der Waals surface area contributed by atoms with E-state index in [2.05, 4.69) is 17.3 Å². The van der Waals surface area contributed by atoms with Crippen molar-refractivity contribution in [1.82, 2.24) is 4.98 Å². The number of hydrogen-bond acceptors (Lipinski definition) is 4. The van der Waals surface area contributed by atoms with Gasteiger partial charge in [-0.25, -0.2) is 4.98 Å². The summed E-state index contributed by atoms with van der Waals surface area (Å²) in [6.07, 6.45) is 2.05. The molecule has 0 aliphatic carbocycles. The van der Waals surface area contributed by atoms with Crippen molar-refractivity contribution in [3.63, 3.8) is 0 Å². The summed E-state index contributed by atoms with van der Waals surface area (Å²) in [7, 11) is 1.65. The molecule has 3 nitrogen and oxygen atoms in total. The number of thioether (sulfide) groups is 1. The summed E-state index contributed by atoms with van der Waals surface area (Å²) in [6, 6.07) is 7.93. The van der Waals surface area contributed by atoms with Gasteiger partial charge in [0.2, 0.25) is 0 Å². The molecule has 2 rings (SSSR count). The fourth-order valence-corrected chi connectivity index (χ4v) is 2.15. The lowest BCUT2D eigenvalue weighted by Crippen LogP contribution is -1.97. The predicted molar refractivity (Wildman–Crippen MR) is 69.9 cm³/mol. The monoisotopic (exact) mass is 234 g/mol. The summed E-state index contributed by atoms with van der Waals surface area (Å²) in [5, 5.41) is 1.10. The zero-order valence-corrected chi connectivity index (χ0v) is 10.2. The molecule has 1 aromatic carbocycles. The van der Waals surface area contributed by atoms with E-state index in [-0.39, 0.29) is 0 Å². The Hall–Kier alpha value is -1.42. The molecule has 16 heavy (non-hydrogen) atoms. The summed E-state index contributed by atoms with van der Waals surface area (Å²) >= 11 is 1.74. The summed E-state index contributed by atoms with van der Waals surface area (Å²) in [5.74, 6) is 2.30. The van der Waals surface area contributed by atoms with Gasteiger partial charge in [-0.05, 0) is 24.5 Å². The fraction of sp³-hybridized carbons (Fsp3) is 0.250. The van der Waals surface area contributed by atoms with Crippen molar-refractivity contribution in [2.45, 2.75) is 5.75 Å². The Morgan fingerprint density at radius 3 is 2.88 bits per heavy atom. The smallest absolute Gasteiger partial charge is 0.128 e. The minimum atomic E-state index is 0.607. The quantitative estimate of drug-likeness (QED) is 0.887. The number of rotatable bonds is 3. The van der Waals surface area contributed by atoms with Crippen LogP contribution in [-0.2, 0) is 5.75 Å². The minimum Gasteiger partial charge on any atom is -0.497 e. The molecule has 0 fully saturated rings. The molecule has 0 amide bonds. The van der Waals surface area contributed by atoms with Gasteiger partial charge in [-0.1, -0.05) is 0 Å². The number of anilines is 1. The molecule has 0 bridgehead atoms. The molecule has 1 aromatic heterocycles. The Balaban J connectivity index is 2.55. The van der Waals surface area contributed by atoms with Crippen LogP contribution in [0.2, 0.25) is 0 Å². The second-order valence-corrected chi connectivity index (χ2v) is 4.39. The molecule has 0 unspecified atom stereocenters. The van der Waals surface area contributed by atoms with E-state index >= 15 is 0 Å². The van der Waals surface area contributed by atoms with E-state index in [9.17, 15) is 0 Å². The minimum absolute atomic E-state index is 0.607. The van der Waals surface area contributed by atoms with Crippen LogP contribution in [0.4, 0.5) is 5.82 Å². The Morgan fingerprint density at radius 1 is 1.38 bits per heavy atom. The number of methoxy groups -OCH3 is 1. The van der Waals surface area contributed by atoms with E-state index in [0.717, 1.165) is 28.0 Å². The molecule has 4 heteroatoms. The second kappa shape index (κ2) is 4.61. The molecular formula is C12H14N2OS. The third-order valence-corrected chi connectivity index (χ3v) is 3.04. The van der Waals surface area contributed by atoms with Crippen molar-refractivity contribution in [2.24, 2.45) is 0 Å². The van der Waals surface area contributed by atoms with Gasteiger partial charge in [0.25, 0.3) is 0 Å². The molecular weight excluding hydrogens is 220 g/mol. The highest BCUT2D eigenvalue weighted by Gasteiger charge is 2.04. The molecule has 0 radical (unpaired) electrons. The number of nitrogens with two attached hydrogens (primary N) is 1. The summed E-state index contributed by atoms with van der Waals surface area (Å²) in [5.41, 5.74) is 7.86. The van der Waals surface area contributed by atoms with Crippen molar-refractivity contribution in [3.05, 3.63) is 29.8 Å². The fourth-order valence-electron chi connectivity index (χ4n) is 1.60. The molecule has 2 aromatic rings. The number of hydrogen-bond donors (Lipinski definition) is 1. The number of nitrogen functional groups attached to an aromatic ring is 1. The number of benzene rings is 1. The van der Waals surface area contributed by atoms with E-state index in [1.165, 1.54) is 0 Å². The van der Waals surface area contributed by atoms with E-state index in [4.69, 9.17) is 10.5 Å². The lowest BCUT2D eigenvalue weighted by Gasteiger charge is -2.07. The zero-order valence-electron chi connectivity index (χ0n) is 9.36. The van der Waals surface area contributed by atoms with E-state index in [0.29, 0.717) is 5.82 Å². The van der Waals surface area contributed by atoms with Crippen LogP contribution in [0.1, 0.15) is 5.56 Å². The summed E-state index contributed by atoms with van der Waals surface area (Å²) < 4.78 is 5.15. The Kier molecular flexibility index (Phi) is 3.19. The van der Waals surface area contributed by atoms with Crippen molar-refractivity contribution < 1.29 is 4.74 Å². The first-order chi connectivity index (χ1) is 7.74. The number of ether oxygens (including phenoxy) is 1. The summed E-state index contributed by atoms with van der Waals surface area (Å²) in [6.45, 7) is 0. The largest absolute Gasteiger partial charge is 0.497 e. The maximum Gasteiger partial charge on any atom is 0.128 e. The van der Waals surface area contributed by atoms with Gasteiger partial charge >= 0.3 is 0 Å². The number of aromatic nitrogens is 1. The molecule has 1 heterocycles. The normalized spacial score (nSPS) is 10.6. The molecule has 84 valence electrons. The highest BCUT2D eigenvalue weighted by atomic mass is 32.2. The van der Waals surface area contributed by atoms with Crippen LogP contribution in [0.5, 0.6) is 5.75 Å². The molecule has 2 N–H and O–H groups in total. The lowest BCUT2D eigenvalue weighted by molar-refractivity contribution is 0.415. The first kappa shape index (κ1) is 11.1. The molecule has 0 spiro atoms. The van der Waals surface area contributed by atoms with Gasteiger partial charge in [-0.15, -0.1) is 0 Å². The lowest BCUT2D eigenvalue weighted by atomic mass is 10.1. The highest BCUT2D eigenvalue weighted by Crippen LogP contribution is 2.24. The Labute approximate surface area is 99.0 Å². The van der Waals surface area contributed by atoms with Crippen LogP contribution >= 0.6 is 11.8 Å². The molecule has 0 atom stereocenters. The number of nitrogens with zero attached hydrogens (tertiary/aromatic N) is 1. The average molecular weight is 234 g/mol. The predicted octanol–water partition coefficient (Wildman–Crippen LogP) is 2.69. The van der Waals surface area contributed by atoms with Gasteiger partial charge in [-0.3, -0.25) is 0 Å². The van der Waals surface area contributed by atoms with Crippen molar-refractivity contribution in [1.29, 1.82) is 0 Å². The standard InChI is InChI=1S/C12H14N2OS/c1-15-10-4-3-8-5-9(7-16-2)12(13)14-11(8)6-10/h3-6H,7H2,1-2H3,(H2,13,14). The van der Waals surface area contributed by atoms with Crippen LogP contribution in [0.3, 0.4) is 0 Å². The first-order valence-corrected chi connectivity index (χ1v) is 6.36. The Morgan fingerprint density at radius 2 is 2.19 bits per heavy atom. The van der Waals surface area contributed by atoms with Crippen LogP contribution in [-0.4, -0.2) is 18.3 Å². The number of pyridine rings is 1. The van der Waals surface area contributed by atoms with Crippen molar-refractivity contribution in [2.75, 3.05) is 19.1 Å². The van der Waals surface area contributed by atoms with E-state index in [1.807, 2.05) is 18.2 Å². The first-order valence-electron chi connectivity index (χ1n) is 4.96. The van der Waals surface area contributed by atoms with Gasteiger partial charge in [0.1, 0.15) is 11.6 Å².